The molecule has 1 heterocycles. The van der Waals surface area contributed by atoms with Crippen molar-refractivity contribution in [3.05, 3.63) is 35.7 Å². The Morgan fingerprint density at radius 3 is 2.50 bits per heavy atom. The molecule has 130 valence electrons. The van der Waals surface area contributed by atoms with Crippen molar-refractivity contribution >= 4 is 11.9 Å². The first kappa shape index (κ1) is 17.5. The summed E-state index contributed by atoms with van der Waals surface area (Å²) in [6.07, 6.45) is -8.31. The van der Waals surface area contributed by atoms with Crippen LogP contribution in [0.25, 0.3) is 0 Å². The van der Waals surface area contributed by atoms with Crippen LogP contribution >= 0.6 is 0 Å². The minimum absolute atomic E-state index is 0.0903. The fraction of sp³-hybridized carbons (Fsp3) is 0.308. The summed E-state index contributed by atoms with van der Waals surface area (Å²) in [6.45, 7) is 0.169. The van der Waals surface area contributed by atoms with Crippen LogP contribution in [0.1, 0.15) is 16.2 Å². The number of anilines is 1. The zero-order valence-electron chi connectivity index (χ0n) is 12.0. The Morgan fingerprint density at radius 2 is 1.96 bits per heavy atom. The third-order valence-corrected chi connectivity index (χ3v) is 2.73. The lowest BCUT2D eigenvalue weighted by Gasteiger charge is -2.16. The van der Waals surface area contributed by atoms with Gasteiger partial charge in [0.25, 0.3) is 5.91 Å². The van der Waals surface area contributed by atoms with Crippen molar-refractivity contribution in [1.82, 2.24) is 15.5 Å². The molecule has 0 aliphatic rings. The second-order valence-corrected chi connectivity index (χ2v) is 4.53. The summed E-state index contributed by atoms with van der Waals surface area (Å²) in [5.41, 5.74) is 5.37. The summed E-state index contributed by atoms with van der Waals surface area (Å²) < 4.78 is 58.3. The average Bonchev–Trinajstić information content (AvgIpc) is 2.93. The van der Waals surface area contributed by atoms with Gasteiger partial charge in [-0.05, 0) is 24.3 Å². The van der Waals surface area contributed by atoms with Crippen LogP contribution in [-0.2, 0) is 6.42 Å². The maximum absolute atomic E-state index is 12.7. The molecule has 0 saturated heterocycles. The minimum Gasteiger partial charge on any atom is -0.428 e. The van der Waals surface area contributed by atoms with Gasteiger partial charge in [-0.2, -0.15) is 17.6 Å². The lowest BCUT2D eigenvalue weighted by atomic mass is 10.2. The molecule has 1 amide bonds. The van der Waals surface area contributed by atoms with Crippen molar-refractivity contribution < 1.29 is 31.5 Å². The van der Waals surface area contributed by atoms with Crippen LogP contribution in [0, 0.1) is 0 Å². The SMILES string of the molecule is Nc1nnc(CCNC(=O)c2ccc(OC(F)(F)C(F)F)cc2)o1. The van der Waals surface area contributed by atoms with Crippen molar-refractivity contribution in [3.8, 4) is 5.75 Å². The van der Waals surface area contributed by atoms with Gasteiger partial charge in [-0.15, -0.1) is 5.10 Å². The van der Waals surface area contributed by atoms with E-state index in [9.17, 15) is 22.4 Å². The standard InChI is InChI=1S/C13H12F4N4O3/c14-11(15)13(16,17)24-8-3-1-7(2-4-8)10(22)19-6-5-9-20-21-12(18)23-9/h1-4,11H,5-6H2,(H2,18,21)(H,19,22). The number of ether oxygens (including phenoxy) is 1. The quantitative estimate of drug-likeness (QED) is 0.741. The second kappa shape index (κ2) is 7.15. The van der Waals surface area contributed by atoms with Gasteiger partial charge >= 0.3 is 18.5 Å². The summed E-state index contributed by atoms with van der Waals surface area (Å²) >= 11 is 0. The summed E-state index contributed by atoms with van der Waals surface area (Å²) in [4.78, 5) is 11.8. The van der Waals surface area contributed by atoms with Gasteiger partial charge in [0.05, 0.1) is 0 Å². The number of rotatable bonds is 7. The topological polar surface area (TPSA) is 103 Å². The zero-order chi connectivity index (χ0) is 17.7. The molecule has 2 aromatic rings. The number of benzene rings is 1. The minimum atomic E-state index is -4.60. The molecule has 0 spiro atoms. The normalized spacial score (nSPS) is 11.5. The molecule has 0 bridgehead atoms. The Bertz CT molecular complexity index is 691. The fourth-order valence-corrected chi connectivity index (χ4v) is 1.63. The van der Waals surface area contributed by atoms with Gasteiger partial charge in [0, 0.05) is 18.5 Å². The van der Waals surface area contributed by atoms with E-state index in [1.54, 1.807) is 0 Å². The summed E-state index contributed by atoms with van der Waals surface area (Å²) in [6, 6.07) is 4.22. The van der Waals surface area contributed by atoms with Crippen LogP contribution in [-0.4, -0.2) is 35.2 Å². The number of carbonyl (C=O) groups excluding carboxylic acids is 1. The van der Waals surface area contributed by atoms with Crippen molar-refractivity contribution in [2.75, 3.05) is 12.3 Å². The van der Waals surface area contributed by atoms with Crippen LogP contribution in [0.2, 0.25) is 0 Å². The number of alkyl halides is 4. The lowest BCUT2D eigenvalue weighted by molar-refractivity contribution is -0.253. The smallest absolute Gasteiger partial charge is 0.428 e. The first-order valence-corrected chi connectivity index (χ1v) is 6.59. The molecule has 0 fully saturated rings. The number of nitrogens with zero attached hydrogens (tertiary/aromatic N) is 2. The predicted octanol–water partition coefficient (Wildman–Crippen LogP) is 1.86. The van der Waals surface area contributed by atoms with Gasteiger partial charge < -0.3 is 20.2 Å². The van der Waals surface area contributed by atoms with Crippen molar-refractivity contribution in [1.29, 1.82) is 0 Å². The van der Waals surface area contributed by atoms with E-state index in [1.807, 2.05) is 0 Å². The van der Waals surface area contributed by atoms with Crippen molar-refractivity contribution in [2.24, 2.45) is 0 Å². The number of aromatic nitrogens is 2. The largest absolute Gasteiger partial charge is 0.461 e. The van der Waals surface area contributed by atoms with E-state index in [4.69, 9.17) is 10.2 Å². The molecule has 1 aromatic heterocycles. The van der Waals surface area contributed by atoms with Gasteiger partial charge in [0.1, 0.15) is 5.75 Å². The van der Waals surface area contributed by atoms with Crippen LogP contribution < -0.4 is 15.8 Å². The van der Waals surface area contributed by atoms with Crippen LogP contribution in [0.15, 0.2) is 28.7 Å². The van der Waals surface area contributed by atoms with E-state index in [-0.39, 0.29) is 30.4 Å². The predicted molar refractivity (Wildman–Crippen MR) is 72.8 cm³/mol. The van der Waals surface area contributed by atoms with E-state index in [0.29, 0.717) is 0 Å². The Hall–Kier alpha value is -2.85. The number of hydrogen-bond acceptors (Lipinski definition) is 6. The molecule has 0 unspecified atom stereocenters. The molecule has 0 aliphatic heterocycles. The molecule has 1 aromatic carbocycles. The number of nitrogens with one attached hydrogen (secondary N) is 1. The number of nitrogen functional groups attached to an aromatic ring is 1. The highest BCUT2D eigenvalue weighted by molar-refractivity contribution is 5.94. The summed E-state index contributed by atoms with van der Waals surface area (Å²) in [7, 11) is 0. The molecule has 3 N–H and O–H groups in total. The van der Waals surface area contributed by atoms with Gasteiger partial charge in [-0.1, -0.05) is 5.10 Å². The molecule has 24 heavy (non-hydrogen) atoms. The first-order valence-electron chi connectivity index (χ1n) is 6.59. The highest BCUT2D eigenvalue weighted by atomic mass is 19.3. The molecule has 7 nitrogen and oxygen atoms in total. The molecule has 0 aliphatic carbocycles. The fourth-order valence-electron chi connectivity index (χ4n) is 1.63. The maximum Gasteiger partial charge on any atom is 0.461 e. The monoisotopic (exact) mass is 348 g/mol. The van der Waals surface area contributed by atoms with Crippen LogP contribution in [0.4, 0.5) is 23.6 Å². The number of hydrogen-bond donors (Lipinski definition) is 2. The zero-order valence-corrected chi connectivity index (χ0v) is 12.0. The Balaban J connectivity index is 1.86. The van der Waals surface area contributed by atoms with Crippen molar-refractivity contribution in [3.63, 3.8) is 0 Å². The Labute approximate surface area is 132 Å². The highest BCUT2D eigenvalue weighted by Gasteiger charge is 2.43. The van der Waals surface area contributed by atoms with Gasteiger partial charge in [-0.3, -0.25) is 4.79 Å². The number of nitrogens with two attached hydrogens (primary N) is 1. The van der Waals surface area contributed by atoms with Gasteiger partial charge in [-0.25, -0.2) is 0 Å². The Kier molecular flexibility index (Phi) is 5.21. The Morgan fingerprint density at radius 1 is 1.29 bits per heavy atom. The number of amides is 1. The molecular formula is C13H12F4N4O3. The maximum atomic E-state index is 12.7. The molecule has 0 saturated carbocycles. The molecule has 2 rings (SSSR count). The summed E-state index contributed by atoms with van der Waals surface area (Å²) in [5.74, 6) is -0.751. The molecule has 11 heteroatoms. The van der Waals surface area contributed by atoms with Crippen molar-refractivity contribution in [2.45, 2.75) is 19.0 Å². The van der Waals surface area contributed by atoms with E-state index < -0.39 is 24.2 Å². The third kappa shape index (κ3) is 4.57. The average molecular weight is 348 g/mol. The van der Waals surface area contributed by atoms with Gasteiger partial charge in [0.2, 0.25) is 5.89 Å². The highest BCUT2D eigenvalue weighted by Crippen LogP contribution is 2.27. The van der Waals surface area contributed by atoms with E-state index >= 15 is 0 Å². The molecule has 0 radical (unpaired) electrons. The molecule has 0 atom stereocenters. The molecular weight excluding hydrogens is 336 g/mol. The lowest BCUT2D eigenvalue weighted by Crippen LogP contribution is -2.33. The third-order valence-electron chi connectivity index (χ3n) is 2.73. The number of carbonyl (C=O) groups is 1. The van der Waals surface area contributed by atoms with E-state index in [0.717, 1.165) is 24.3 Å². The van der Waals surface area contributed by atoms with E-state index in [1.165, 1.54) is 0 Å². The summed E-state index contributed by atoms with van der Waals surface area (Å²) in [5, 5.41) is 9.57. The first-order chi connectivity index (χ1) is 11.3. The van der Waals surface area contributed by atoms with E-state index in [2.05, 4.69) is 20.3 Å². The van der Waals surface area contributed by atoms with Gasteiger partial charge in [0.15, 0.2) is 0 Å². The number of halogens is 4. The van der Waals surface area contributed by atoms with Crippen LogP contribution in [0.5, 0.6) is 5.75 Å². The van der Waals surface area contributed by atoms with Crippen LogP contribution in [0.3, 0.4) is 0 Å². The second-order valence-electron chi connectivity index (χ2n) is 4.53.